The molecule has 0 aromatic carbocycles. The van der Waals surface area contributed by atoms with E-state index in [1.807, 2.05) is 0 Å². The fraction of sp³-hybridized carbons (Fsp3) is 0.429. The molecule has 0 saturated carbocycles. The molecule has 0 atom stereocenters. The minimum absolute atomic E-state index is 0.387. The highest BCUT2D eigenvalue weighted by molar-refractivity contribution is 14.1. The number of primary amides is 1. The zero-order valence-corrected chi connectivity index (χ0v) is 9.07. The quantitative estimate of drug-likeness (QED) is 0.810. The predicted molar refractivity (Wildman–Crippen MR) is 53.5 cm³/mol. The molecule has 0 aliphatic heterocycles. The van der Waals surface area contributed by atoms with E-state index in [4.69, 9.17) is 5.73 Å². The number of nitrogens with two attached hydrogens (primary N) is 1. The van der Waals surface area contributed by atoms with Gasteiger partial charge in [0.25, 0.3) is 0 Å². The highest BCUT2D eigenvalue weighted by Gasteiger charge is 2.27. The minimum Gasteiger partial charge on any atom is -0.368 e. The molecule has 0 fully saturated rings. The Hall–Kier alpha value is -0.590. The minimum atomic E-state index is -0.747. The molecule has 0 aliphatic carbocycles. The van der Waals surface area contributed by atoms with Gasteiger partial charge in [-0.3, -0.25) is 9.48 Å². The Morgan fingerprint density at radius 3 is 2.67 bits per heavy atom. The lowest BCUT2D eigenvalue weighted by Crippen LogP contribution is -2.41. The summed E-state index contributed by atoms with van der Waals surface area (Å²) in [6.07, 6.45) is 3.47. The van der Waals surface area contributed by atoms with Crippen LogP contribution in [-0.4, -0.2) is 15.7 Å². The van der Waals surface area contributed by atoms with Crippen LogP contribution in [0, 0.1) is 3.57 Å². The van der Waals surface area contributed by atoms with Crippen LogP contribution in [0.4, 0.5) is 0 Å². The van der Waals surface area contributed by atoms with Crippen molar-refractivity contribution in [2.45, 2.75) is 19.4 Å². The van der Waals surface area contributed by atoms with Crippen LogP contribution >= 0.6 is 22.6 Å². The number of carbonyl (C=O) groups excluding carboxylic acids is 1. The van der Waals surface area contributed by atoms with Crippen molar-refractivity contribution in [3.05, 3.63) is 16.0 Å². The Balaban J connectivity index is 3.05. The van der Waals surface area contributed by atoms with E-state index < -0.39 is 5.54 Å². The van der Waals surface area contributed by atoms with Crippen molar-refractivity contribution in [2.75, 3.05) is 0 Å². The molecule has 2 N–H and O–H groups in total. The lowest BCUT2D eigenvalue weighted by molar-refractivity contribution is -0.125. The summed E-state index contributed by atoms with van der Waals surface area (Å²) in [4.78, 5) is 11.0. The molecule has 1 rings (SSSR count). The Bertz CT molecular complexity index is 305. The van der Waals surface area contributed by atoms with Gasteiger partial charge in [0.1, 0.15) is 5.54 Å². The van der Waals surface area contributed by atoms with E-state index >= 15 is 0 Å². The van der Waals surface area contributed by atoms with Crippen LogP contribution in [0.2, 0.25) is 0 Å². The molecule has 1 aromatic heterocycles. The van der Waals surface area contributed by atoms with E-state index in [0.29, 0.717) is 0 Å². The number of carbonyl (C=O) groups is 1. The van der Waals surface area contributed by atoms with Gasteiger partial charge in [0, 0.05) is 6.20 Å². The number of nitrogens with zero attached hydrogens (tertiary/aromatic N) is 2. The zero-order chi connectivity index (χ0) is 9.35. The summed E-state index contributed by atoms with van der Waals surface area (Å²) in [6, 6.07) is 0. The van der Waals surface area contributed by atoms with Crippen molar-refractivity contribution >= 4 is 28.5 Å². The largest absolute Gasteiger partial charge is 0.368 e. The summed E-state index contributed by atoms with van der Waals surface area (Å²) in [5.74, 6) is -0.387. The van der Waals surface area contributed by atoms with Crippen LogP contribution < -0.4 is 5.73 Å². The smallest absolute Gasteiger partial charge is 0.244 e. The van der Waals surface area contributed by atoms with Crippen LogP contribution in [0.5, 0.6) is 0 Å². The molecule has 4 nitrogen and oxygen atoms in total. The number of aromatic nitrogens is 2. The van der Waals surface area contributed by atoms with Gasteiger partial charge in [-0.15, -0.1) is 0 Å². The van der Waals surface area contributed by atoms with Gasteiger partial charge in [0.2, 0.25) is 5.91 Å². The molecule has 0 aliphatic rings. The van der Waals surface area contributed by atoms with Gasteiger partial charge in [0.05, 0.1) is 9.77 Å². The molecule has 1 aromatic rings. The van der Waals surface area contributed by atoms with Gasteiger partial charge in [-0.1, -0.05) is 0 Å². The van der Waals surface area contributed by atoms with Crippen molar-refractivity contribution in [1.29, 1.82) is 0 Å². The number of amides is 1. The molecule has 0 radical (unpaired) electrons. The van der Waals surface area contributed by atoms with Crippen molar-refractivity contribution in [2.24, 2.45) is 5.73 Å². The standard InChI is InChI=1S/C7H10IN3O/c1-7(2,6(9)12)11-4-5(8)3-10-11/h3-4H,1-2H3,(H2,9,12). The van der Waals surface area contributed by atoms with Crippen molar-refractivity contribution in [3.63, 3.8) is 0 Å². The van der Waals surface area contributed by atoms with E-state index in [9.17, 15) is 4.79 Å². The Morgan fingerprint density at radius 1 is 1.75 bits per heavy atom. The molecule has 1 amide bonds. The number of hydrogen-bond donors (Lipinski definition) is 1. The maximum atomic E-state index is 11.0. The summed E-state index contributed by atoms with van der Waals surface area (Å²) >= 11 is 2.13. The van der Waals surface area contributed by atoms with Crippen molar-refractivity contribution in [3.8, 4) is 0 Å². The van der Waals surface area contributed by atoms with Gasteiger partial charge in [-0.05, 0) is 36.4 Å². The highest BCUT2D eigenvalue weighted by Crippen LogP contribution is 2.14. The third-order valence-corrected chi connectivity index (χ3v) is 2.28. The monoisotopic (exact) mass is 279 g/mol. The number of rotatable bonds is 2. The third kappa shape index (κ3) is 1.60. The van der Waals surface area contributed by atoms with E-state index in [2.05, 4.69) is 27.7 Å². The van der Waals surface area contributed by atoms with Gasteiger partial charge >= 0.3 is 0 Å². The molecule has 0 bridgehead atoms. The molecule has 66 valence electrons. The highest BCUT2D eigenvalue weighted by atomic mass is 127. The van der Waals surface area contributed by atoms with Gasteiger partial charge < -0.3 is 5.73 Å². The fourth-order valence-corrected chi connectivity index (χ4v) is 1.11. The van der Waals surface area contributed by atoms with E-state index in [1.54, 1.807) is 30.9 Å². The summed E-state index contributed by atoms with van der Waals surface area (Å²) in [7, 11) is 0. The lowest BCUT2D eigenvalue weighted by atomic mass is 10.1. The van der Waals surface area contributed by atoms with E-state index in [-0.39, 0.29) is 5.91 Å². The first-order chi connectivity index (χ1) is 5.44. The van der Waals surface area contributed by atoms with Crippen molar-refractivity contribution in [1.82, 2.24) is 9.78 Å². The second kappa shape index (κ2) is 3.04. The van der Waals surface area contributed by atoms with Crippen LogP contribution in [0.3, 0.4) is 0 Å². The Kier molecular flexibility index (Phi) is 2.41. The summed E-state index contributed by atoms with van der Waals surface area (Å²) < 4.78 is 2.55. The first-order valence-corrected chi connectivity index (χ1v) is 4.53. The molecule has 5 heteroatoms. The van der Waals surface area contributed by atoms with Crippen LogP contribution in [0.15, 0.2) is 12.4 Å². The lowest BCUT2D eigenvalue weighted by Gasteiger charge is -2.20. The molecule has 0 saturated heterocycles. The number of halogens is 1. The molecular formula is C7H10IN3O. The summed E-state index contributed by atoms with van der Waals surface area (Å²) in [6.45, 7) is 3.47. The normalized spacial score (nSPS) is 11.6. The van der Waals surface area contributed by atoms with E-state index in [1.165, 1.54) is 0 Å². The SMILES string of the molecule is CC(C)(C(N)=O)n1cc(I)cn1. The van der Waals surface area contributed by atoms with Crippen LogP contribution in [-0.2, 0) is 10.3 Å². The summed E-state index contributed by atoms with van der Waals surface area (Å²) in [5.41, 5.74) is 4.46. The second-order valence-corrected chi connectivity index (χ2v) is 4.27. The second-order valence-electron chi connectivity index (χ2n) is 3.03. The molecule has 0 unspecified atom stereocenters. The molecule has 1 heterocycles. The first-order valence-electron chi connectivity index (χ1n) is 3.45. The first kappa shape index (κ1) is 9.50. The zero-order valence-electron chi connectivity index (χ0n) is 6.91. The molecule has 12 heavy (non-hydrogen) atoms. The average Bonchev–Trinajstić information content (AvgIpc) is 2.35. The van der Waals surface area contributed by atoms with Crippen LogP contribution in [0.1, 0.15) is 13.8 Å². The Morgan fingerprint density at radius 2 is 2.33 bits per heavy atom. The summed E-state index contributed by atoms with van der Waals surface area (Å²) in [5, 5.41) is 4.02. The Labute approximate surface area is 84.3 Å². The fourth-order valence-electron chi connectivity index (χ4n) is 0.719. The van der Waals surface area contributed by atoms with Gasteiger partial charge in [-0.25, -0.2) is 0 Å². The van der Waals surface area contributed by atoms with Gasteiger partial charge in [0.15, 0.2) is 0 Å². The molecule has 0 spiro atoms. The van der Waals surface area contributed by atoms with Gasteiger partial charge in [-0.2, -0.15) is 5.10 Å². The average molecular weight is 279 g/mol. The predicted octanol–water partition coefficient (Wildman–Crippen LogP) is 0.708. The maximum absolute atomic E-state index is 11.0. The topological polar surface area (TPSA) is 60.9 Å². The third-order valence-electron chi connectivity index (χ3n) is 1.73. The maximum Gasteiger partial charge on any atom is 0.244 e. The molecular weight excluding hydrogens is 269 g/mol. The van der Waals surface area contributed by atoms with Crippen molar-refractivity contribution < 1.29 is 4.79 Å². The number of hydrogen-bond acceptors (Lipinski definition) is 2. The van der Waals surface area contributed by atoms with Crippen LogP contribution in [0.25, 0.3) is 0 Å². The van der Waals surface area contributed by atoms with E-state index in [0.717, 1.165) is 3.57 Å².